The minimum atomic E-state index is -0.280. The maximum absolute atomic E-state index is 12.4. The number of Topliss-reactive ketones (excluding diaryl/α,β-unsaturated/α-hetero) is 1. The number of carbonyl (C=O) groups is 2. The fraction of sp³-hybridized carbons (Fsp3) is 0.636. The van der Waals surface area contributed by atoms with Gasteiger partial charge in [-0.1, -0.05) is 36.8 Å². The van der Waals surface area contributed by atoms with Crippen LogP contribution < -0.4 is 0 Å². The van der Waals surface area contributed by atoms with Crippen molar-refractivity contribution in [3.05, 3.63) is 35.5 Å². The van der Waals surface area contributed by atoms with Gasteiger partial charge >= 0.3 is 5.97 Å². The second-order valence-electron chi connectivity index (χ2n) is 7.46. The molecule has 1 unspecified atom stereocenters. The zero-order valence-corrected chi connectivity index (χ0v) is 16.4. The van der Waals surface area contributed by atoms with Crippen molar-refractivity contribution in [3.63, 3.8) is 0 Å². The molecule has 1 aliphatic rings. The number of hydrogen-bond acceptors (Lipinski definition) is 3. The molecular weight excluding hydrogens is 312 g/mol. The highest BCUT2D eigenvalue weighted by atomic mass is 16.5. The Morgan fingerprint density at radius 2 is 1.92 bits per heavy atom. The first-order valence-corrected chi connectivity index (χ1v) is 9.44. The summed E-state index contributed by atoms with van der Waals surface area (Å²) in [6, 6.07) is 0. The smallest absolute Gasteiger partial charge is 0.302 e. The molecular formula is C22H34O3. The van der Waals surface area contributed by atoms with Crippen LogP contribution >= 0.6 is 0 Å². The van der Waals surface area contributed by atoms with Crippen LogP contribution in [0.1, 0.15) is 72.6 Å². The van der Waals surface area contributed by atoms with Crippen molar-refractivity contribution in [2.24, 2.45) is 11.8 Å². The molecule has 0 N–H and O–H groups in total. The van der Waals surface area contributed by atoms with E-state index in [1.165, 1.54) is 18.1 Å². The van der Waals surface area contributed by atoms with Crippen molar-refractivity contribution in [2.75, 3.05) is 6.61 Å². The number of hydrogen-bond donors (Lipinski definition) is 0. The van der Waals surface area contributed by atoms with E-state index in [9.17, 15) is 9.59 Å². The molecule has 25 heavy (non-hydrogen) atoms. The third kappa shape index (κ3) is 8.85. The van der Waals surface area contributed by atoms with Crippen molar-refractivity contribution >= 4 is 11.8 Å². The van der Waals surface area contributed by atoms with E-state index in [2.05, 4.69) is 32.6 Å². The van der Waals surface area contributed by atoms with Crippen molar-refractivity contribution in [1.29, 1.82) is 0 Å². The maximum Gasteiger partial charge on any atom is 0.302 e. The molecule has 0 radical (unpaired) electrons. The predicted octanol–water partition coefficient (Wildman–Crippen LogP) is 5.56. The summed E-state index contributed by atoms with van der Waals surface area (Å²) in [5.74, 6) is 0.531. The lowest BCUT2D eigenvalue weighted by molar-refractivity contribution is -0.140. The number of ether oxygens (including phenoxy) is 1. The monoisotopic (exact) mass is 346 g/mol. The lowest BCUT2D eigenvalue weighted by Gasteiger charge is -2.18. The van der Waals surface area contributed by atoms with Gasteiger partial charge in [-0.15, -0.1) is 0 Å². The van der Waals surface area contributed by atoms with E-state index < -0.39 is 0 Å². The van der Waals surface area contributed by atoms with Crippen molar-refractivity contribution in [2.45, 2.75) is 72.6 Å². The van der Waals surface area contributed by atoms with E-state index in [0.29, 0.717) is 31.1 Å². The van der Waals surface area contributed by atoms with Crippen LogP contribution in [-0.2, 0) is 14.3 Å². The Hall–Kier alpha value is -1.64. The molecule has 3 nitrogen and oxygen atoms in total. The van der Waals surface area contributed by atoms with E-state index in [1.807, 2.05) is 6.92 Å². The third-order valence-electron chi connectivity index (χ3n) is 5.07. The number of rotatable bonds is 3. The first-order chi connectivity index (χ1) is 11.8. The minimum Gasteiger partial charge on any atom is -0.461 e. The Kier molecular flexibility index (Phi) is 9.48. The molecule has 0 aliphatic heterocycles. The molecule has 140 valence electrons. The summed E-state index contributed by atoms with van der Waals surface area (Å²) in [7, 11) is 0. The molecule has 0 saturated carbocycles. The van der Waals surface area contributed by atoms with Gasteiger partial charge in [0, 0.05) is 19.3 Å². The van der Waals surface area contributed by atoms with E-state index >= 15 is 0 Å². The minimum absolute atomic E-state index is 0.0881. The highest BCUT2D eigenvalue weighted by Gasteiger charge is 2.15. The highest BCUT2D eigenvalue weighted by molar-refractivity contribution is 5.80. The normalized spacial score (nSPS) is 28.1. The van der Waals surface area contributed by atoms with Gasteiger partial charge in [0.25, 0.3) is 0 Å². The van der Waals surface area contributed by atoms with Crippen LogP contribution in [0.5, 0.6) is 0 Å². The summed E-state index contributed by atoms with van der Waals surface area (Å²) < 4.78 is 5.18. The van der Waals surface area contributed by atoms with Gasteiger partial charge in [0.1, 0.15) is 12.4 Å². The summed E-state index contributed by atoms with van der Waals surface area (Å²) in [5.41, 5.74) is 3.63. The van der Waals surface area contributed by atoms with E-state index in [-0.39, 0.29) is 11.9 Å². The zero-order chi connectivity index (χ0) is 18.8. The summed E-state index contributed by atoms with van der Waals surface area (Å²) in [6.07, 6.45) is 10.6. The van der Waals surface area contributed by atoms with Crippen LogP contribution in [0.25, 0.3) is 0 Å². The fourth-order valence-electron chi connectivity index (χ4n) is 3.08. The topological polar surface area (TPSA) is 43.4 Å². The molecule has 0 amide bonds. The third-order valence-corrected chi connectivity index (χ3v) is 5.07. The Labute approximate surface area is 153 Å². The van der Waals surface area contributed by atoms with Gasteiger partial charge in [-0.2, -0.15) is 0 Å². The molecule has 2 atom stereocenters. The summed E-state index contributed by atoms with van der Waals surface area (Å²) in [5, 5.41) is 0. The number of esters is 1. The first-order valence-electron chi connectivity index (χ1n) is 9.44. The Bertz CT molecular complexity index is 539. The second kappa shape index (κ2) is 11.1. The van der Waals surface area contributed by atoms with E-state index in [0.717, 1.165) is 37.7 Å². The van der Waals surface area contributed by atoms with Crippen LogP contribution in [0.15, 0.2) is 35.5 Å². The molecule has 1 aliphatic carbocycles. The van der Waals surface area contributed by atoms with Gasteiger partial charge in [-0.05, 0) is 63.9 Å². The lowest BCUT2D eigenvalue weighted by atomic mass is 9.88. The van der Waals surface area contributed by atoms with Gasteiger partial charge in [-0.3, -0.25) is 9.59 Å². The Morgan fingerprint density at radius 3 is 2.56 bits per heavy atom. The lowest BCUT2D eigenvalue weighted by Crippen LogP contribution is -2.13. The Morgan fingerprint density at radius 1 is 1.20 bits per heavy atom. The van der Waals surface area contributed by atoms with E-state index in [1.54, 1.807) is 0 Å². The van der Waals surface area contributed by atoms with Crippen molar-refractivity contribution < 1.29 is 14.3 Å². The van der Waals surface area contributed by atoms with Gasteiger partial charge in [-0.25, -0.2) is 0 Å². The fourth-order valence-corrected chi connectivity index (χ4v) is 3.08. The standard InChI is InChI=1S/C22H34O3/c1-16(2)21-12-9-17(3)7-6-8-18(4)22(24)14-11-20(10-13-21)15-25-19(5)23/h7,10,18,21H,1,6,8-9,11-15H2,2-5H3/b17-7+,20-10+/t18?,21-/m0/s1. The summed E-state index contributed by atoms with van der Waals surface area (Å²) in [6.45, 7) is 12.1. The molecule has 1 rings (SSSR count). The van der Waals surface area contributed by atoms with E-state index in [4.69, 9.17) is 4.74 Å². The summed E-state index contributed by atoms with van der Waals surface area (Å²) >= 11 is 0. The molecule has 0 aromatic carbocycles. The molecule has 0 spiro atoms. The van der Waals surface area contributed by atoms with Crippen molar-refractivity contribution in [1.82, 2.24) is 0 Å². The maximum atomic E-state index is 12.4. The largest absolute Gasteiger partial charge is 0.461 e. The highest BCUT2D eigenvalue weighted by Crippen LogP contribution is 2.25. The summed E-state index contributed by atoms with van der Waals surface area (Å²) in [4.78, 5) is 23.5. The van der Waals surface area contributed by atoms with Crippen LogP contribution in [0.4, 0.5) is 0 Å². The number of carbonyl (C=O) groups excluding carboxylic acids is 2. The van der Waals surface area contributed by atoms with Crippen LogP contribution in [-0.4, -0.2) is 18.4 Å². The zero-order valence-electron chi connectivity index (χ0n) is 16.4. The van der Waals surface area contributed by atoms with Gasteiger partial charge in [0.05, 0.1) is 0 Å². The predicted molar refractivity (Wildman–Crippen MR) is 103 cm³/mol. The van der Waals surface area contributed by atoms with Gasteiger partial charge in [0.2, 0.25) is 0 Å². The molecule has 0 saturated heterocycles. The first kappa shape index (κ1) is 21.4. The van der Waals surface area contributed by atoms with Gasteiger partial charge < -0.3 is 4.74 Å². The quantitative estimate of drug-likeness (QED) is 0.496. The number of allylic oxidation sites excluding steroid dienone is 4. The average Bonchev–Trinajstić information content (AvgIpc) is 2.54. The molecule has 0 bridgehead atoms. The number of ketones is 1. The van der Waals surface area contributed by atoms with Crippen LogP contribution in [0, 0.1) is 11.8 Å². The Balaban J connectivity index is 2.91. The second-order valence-corrected chi connectivity index (χ2v) is 7.46. The molecule has 0 aromatic heterocycles. The molecule has 0 heterocycles. The SMILES string of the molecule is C=C(C)[C@@H]1C/C=C(/COC(C)=O)CCC(=O)C(C)CC/C=C(\C)CC1. The molecule has 3 heteroatoms. The van der Waals surface area contributed by atoms with Gasteiger partial charge in [0.15, 0.2) is 0 Å². The van der Waals surface area contributed by atoms with Crippen molar-refractivity contribution in [3.8, 4) is 0 Å². The van der Waals surface area contributed by atoms with Crippen LogP contribution in [0.2, 0.25) is 0 Å². The molecule has 0 fully saturated rings. The average molecular weight is 347 g/mol. The van der Waals surface area contributed by atoms with Crippen LogP contribution in [0.3, 0.4) is 0 Å². The molecule has 0 aromatic rings.